The Labute approximate surface area is 197 Å². The van der Waals surface area contributed by atoms with E-state index < -0.39 is 0 Å². The van der Waals surface area contributed by atoms with Crippen molar-refractivity contribution in [2.75, 3.05) is 19.5 Å². The maximum absolute atomic E-state index is 13.5. The molecule has 0 unspecified atom stereocenters. The van der Waals surface area contributed by atoms with Crippen molar-refractivity contribution in [3.05, 3.63) is 35.5 Å². The number of carbonyl (C=O) groups is 2. The molecule has 5 rings (SSSR count). The number of hydrogen-bond acceptors (Lipinski definition) is 3. The van der Waals surface area contributed by atoms with Crippen LogP contribution in [0.15, 0.2) is 35.5 Å². The van der Waals surface area contributed by atoms with E-state index in [0.717, 1.165) is 50.0 Å². The number of benzene rings is 1. The van der Waals surface area contributed by atoms with Crippen LogP contribution in [0, 0.1) is 34.5 Å². The number of ether oxygens (including phenoxy) is 1. The molecular formula is C28H38N2O3. The van der Waals surface area contributed by atoms with E-state index in [9.17, 15) is 9.59 Å². The third-order valence-electron chi connectivity index (χ3n) is 9.96. The number of likely N-dealkylation sites (tertiary alicyclic amines) is 1. The van der Waals surface area contributed by atoms with Gasteiger partial charge in [0.1, 0.15) is 5.75 Å². The van der Waals surface area contributed by atoms with Crippen LogP contribution in [0.5, 0.6) is 5.75 Å². The van der Waals surface area contributed by atoms with E-state index in [1.165, 1.54) is 11.3 Å². The summed E-state index contributed by atoms with van der Waals surface area (Å²) in [7, 11) is 3.62. The molecule has 3 fully saturated rings. The Kier molecular flexibility index (Phi) is 5.37. The van der Waals surface area contributed by atoms with Gasteiger partial charge in [-0.3, -0.25) is 9.59 Å². The van der Waals surface area contributed by atoms with E-state index in [-0.39, 0.29) is 28.6 Å². The van der Waals surface area contributed by atoms with E-state index in [2.05, 4.69) is 26.1 Å². The monoisotopic (exact) mass is 450 g/mol. The van der Waals surface area contributed by atoms with Crippen molar-refractivity contribution in [1.29, 1.82) is 0 Å². The van der Waals surface area contributed by atoms with Gasteiger partial charge in [-0.05, 0) is 80.8 Å². The second kappa shape index (κ2) is 7.89. The lowest BCUT2D eigenvalue weighted by atomic mass is 9.48. The molecule has 5 heteroatoms. The molecule has 0 aromatic heterocycles. The van der Waals surface area contributed by atoms with Gasteiger partial charge in [0, 0.05) is 42.3 Å². The molecule has 0 spiro atoms. The molecule has 2 saturated carbocycles. The van der Waals surface area contributed by atoms with Gasteiger partial charge in [0.15, 0.2) is 0 Å². The Hall–Kier alpha value is -2.30. The number of hydrogen-bond donors (Lipinski definition) is 1. The van der Waals surface area contributed by atoms with Crippen LogP contribution in [0.2, 0.25) is 0 Å². The normalized spacial score (nSPS) is 37.8. The van der Waals surface area contributed by atoms with Crippen molar-refractivity contribution in [3.63, 3.8) is 0 Å². The number of nitrogens with one attached hydrogen (secondary N) is 1. The van der Waals surface area contributed by atoms with E-state index in [4.69, 9.17) is 4.74 Å². The highest BCUT2D eigenvalue weighted by Crippen LogP contribution is 2.66. The van der Waals surface area contributed by atoms with Gasteiger partial charge in [0.05, 0.1) is 7.11 Å². The molecule has 33 heavy (non-hydrogen) atoms. The van der Waals surface area contributed by atoms with Gasteiger partial charge < -0.3 is 15.0 Å². The smallest absolute Gasteiger partial charge is 0.228 e. The maximum atomic E-state index is 13.5. The molecule has 0 bridgehead atoms. The Morgan fingerprint density at radius 3 is 2.70 bits per heavy atom. The van der Waals surface area contributed by atoms with Crippen LogP contribution in [-0.4, -0.2) is 30.9 Å². The summed E-state index contributed by atoms with van der Waals surface area (Å²) in [5.41, 5.74) is 3.62. The lowest BCUT2D eigenvalue weighted by Crippen LogP contribution is -2.54. The largest absolute Gasteiger partial charge is 0.497 e. The number of rotatable bonds is 3. The molecular weight excluding hydrogens is 412 g/mol. The second-order valence-corrected chi connectivity index (χ2v) is 11.5. The first-order chi connectivity index (χ1) is 15.7. The Morgan fingerprint density at radius 1 is 1.15 bits per heavy atom. The van der Waals surface area contributed by atoms with Crippen LogP contribution in [0.25, 0.3) is 0 Å². The van der Waals surface area contributed by atoms with Crippen molar-refractivity contribution in [2.24, 2.45) is 34.5 Å². The fourth-order valence-electron chi connectivity index (χ4n) is 8.47. The SMILES string of the molecule is COc1cccc(NC(=O)[C@H]2CC[C@H]3[C@@H]4CC(C)=C5N(C)C(=O)CC[C@]5(C)[C@H]4CC[C@]23C)c1. The Bertz CT molecular complexity index is 1020. The predicted octanol–water partition coefficient (Wildman–Crippen LogP) is 5.63. The highest BCUT2D eigenvalue weighted by atomic mass is 16.5. The molecule has 1 aliphatic heterocycles. The maximum Gasteiger partial charge on any atom is 0.228 e. The van der Waals surface area contributed by atoms with Gasteiger partial charge in [-0.2, -0.15) is 0 Å². The number of carbonyl (C=O) groups excluding carboxylic acids is 2. The zero-order valence-electron chi connectivity index (χ0n) is 20.7. The van der Waals surface area contributed by atoms with E-state index >= 15 is 0 Å². The standard InChI is InChI=1S/C28H38N2O3/c1-17-15-20-21-9-10-23(26(32)29-18-7-6-8-19(16-18)33-5)27(21,2)13-11-22(20)28(3)14-12-24(31)30(4)25(17)28/h6-8,16,20-23H,9-15H2,1-5H3,(H,29,32)/t20-,21-,22-,23+,27-,28+/m0/s1. The number of allylic oxidation sites excluding steroid dienone is 2. The number of nitrogens with zero attached hydrogens (tertiary/aromatic N) is 1. The number of fused-ring (bicyclic) bond motifs is 5. The topological polar surface area (TPSA) is 58.6 Å². The Balaban J connectivity index is 1.40. The fraction of sp³-hybridized carbons (Fsp3) is 0.643. The highest BCUT2D eigenvalue weighted by Gasteiger charge is 2.61. The Morgan fingerprint density at radius 2 is 1.94 bits per heavy atom. The van der Waals surface area contributed by atoms with Gasteiger partial charge in [0.25, 0.3) is 0 Å². The van der Waals surface area contributed by atoms with Crippen molar-refractivity contribution < 1.29 is 14.3 Å². The first kappa shape index (κ1) is 22.5. The van der Waals surface area contributed by atoms with Gasteiger partial charge in [0.2, 0.25) is 11.8 Å². The number of amides is 2. The second-order valence-electron chi connectivity index (χ2n) is 11.5. The molecule has 1 aromatic carbocycles. The van der Waals surface area contributed by atoms with Crippen LogP contribution < -0.4 is 10.1 Å². The van der Waals surface area contributed by atoms with Crippen LogP contribution in [-0.2, 0) is 9.59 Å². The summed E-state index contributed by atoms with van der Waals surface area (Å²) >= 11 is 0. The summed E-state index contributed by atoms with van der Waals surface area (Å²) in [6, 6.07) is 7.64. The average Bonchev–Trinajstić information content (AvgIpc) is 3.14. The number of methoxy groups -OCH3 is 1. The van der Waals surface area contributed by atoms with Crippen LogP contribution in [0.4, 0.5) is 5.69 Å². The van der Waals surface area contributed by atoms with E-state index in [0.29, 0.717) is 24.2 Å². The summed E-state index contributed by atoms with van der Waals surface area (Å²) in [5, 5.41) is 3.19. The zero-order chi connectivity index (χ0) is 23.5. The molecule has 1 N–H and O–H groups in total. The van der Waals surface area contributed by atoms with Crippen molar-refractivity contribution in [2.45, 2.75) is 65.7 Å². The third-order valence-corrected chi connectivity index (χ3v) is 9.96. The van der Waals surface area contributed by atoms with Gasteiger partial charge in [-0.15, -0.1) is 0 Å². The van der Waals surface area contributed by atoms with Gasteiger partial charge in [-0.1, -0.05) is 25.5 Å². The van der Waals surface area contributed by atoms with Crippen LogP contribution in [0.3, 0.4) is 0 Å². The minimum absolute atomic E-state index is 0.0364. The lowest BCUT2D eigenvalue weighted by molar-refractivity contribution is -0.137. The third kappa shape index (κ3) is 3.33. The van der Waals surface area contributed by atoms with E-state index in [1.807, 2.05) is 36.2 Å². The molecule has 4 aliphatic rings. The summed E-state index contributed by atoms with van der Waals surface area (Å²) in [6.45, 7) is 7.03. The summed E-state index contributed by atoms with van der Waals surface area (Å²) in [5.74, 6) is 2.99. The van der Waals surface area contributed by atoms with Crippen LogP contribution >= 0.6 is 0 Å². The fourth-order valence-corrected chi connectivity index (χ4v) is 8.47. The molecule has 5 nitrogen and oxygen atoms in total. The summed E-state index contributed by atoms with van der Waals surface area (Å²) < 4.78 is 5.32. The minimum Gasteiger partial charge on any atom is -0.497 e. The summed E-state index contributed by atoms with van der Waals surface area (Å²) in [4.78, 5) is 27.9. The number of piperidine rings is 1. The molecule has 2 amide bonds. The average molecular weight is 451 g/mol. The van der Waals surface area contributed by atoms with Crippen LogP contribution in [0.1, 0.15) is 65.7 Å². The van der Waals surface area contributed by atoms with Crippen molar-refractivity contribution >= 4 is 17.5 Å². The molecule has 1 aromatic rings. The first-order valence-electron chi connectivity index (χ1n) is 12.6. The highest BCUT2D eigenvalue weighted by molar-refractivity contribution is 5.93. The van der Waals surface area contributed by atoms with Crippen molar-refractivity contribution in [1.82, 2.24) is 4.90 Å². The quantitative estimate of drug-likeness (QED) is 0.649. The lowest BCUT2D eigenvalue weighted by Gasteiger charge is -2.59. The molecule has 178 valence electrons. The van der Waals surface area contributed by atoms with Gasteiger partial charge >= 0.3 is 0 Å². The molecule has 1 saturated heterocycles. The van der Waals surface area contributed by atoms with Gasteiger partial charge in [-0.25, -0.2) is 0 Å². The molecule has 6 atom stereocenters. The predicted molar refractivity (Wildman–Crippen MR) is 130 cm³/mol. The molecule has 0 radical (unpaired) electrons. The number of anilines is 1. The van der Waals surface area contributed by atoms with Crippen molar-refractivity contribution in [3.8, 4) is 5.75 Å². The molecule has 1 heterocycles. The van der Waals surface area contributed by atoms with E-state index in [1.54, 1.807) is 7.11 Å². The molecule has 3 aliphatic carbocycles. The minimum atomic E-state index is 0.0364. The first-order valence-corrected chi connectivity index (χ1v) is 12.6. The summed E-state index contributed by atoms with van der Waals surface area (Å²) in [6.07, 6.45) is 7.02. The zero-order valence-corrected chi connectivity index (χ0v) is 20.7.